The Kier molecular flexibility index (Phi) is 4.84. The van der Waals surface area contributed by atoms with E-state index in [-0.39, 0.29) is 12.1 Å². The quantitative estimate of drug-likeness (QED) is 0.548. The maximum absolute atomic E-state index is 11.9. The number of likely N-dealkylation sites (tertiary alicyclic amines) is 1. The Hall–Kier alpha value is -1.52. The van der Waals surface area contributed by atoms with Crippen LogP contribution in [0.2, 0.25) is 0 Å². The molecule has 1 saturated heterocycles. The summed E-state index contributed by atoms with van der Waals surface area (Å²) in [5.41, 5.74) is -0.114. The number of hydrogen-bond donors (Lipinski definition) is 0. The number of amides is 1. The molecule has 0 aromatic carbocycles. The van der Waals surface area contributed by atoms with Crippen LogP contribution in [0.5, 0.6) is 0 Å². The van der Waals surface area contributed by atoms with Crippen LogP contribution in [0.15, 0.2) is 11.6 Å². The lowest BCUT2D eigenvalue weighted by molar-refractivity contribution is -0.148. The fourth-order valence-electron chi connectivity index (χ4n) is 1.78. The van der Waals surface area contributed by atoms with Gasteiger partial charge in [-0.1, -0.05) is 0 Å². The topological polar surface area (TPSA) is 55.8 Å². The number of ether oxygens (including phenoxy) is 2. The van der Waals surface area contributed by atoms with E-state index in [0.717, 1.165) is 5.57 Å². The largest absolute Gasteiger partial charge is 0.457 e. The molecule has 0 atom stereocenters. The van der Waals surface area contributed by atoms with E-state index in [9.17, 15) is 9.59 Å². The first-order chi connectivity index (χ1) is 8.96. The molecule has 1 aliphatic heterocycles. The zero-order valence-electron chi connectivity index (χ0n) is 13.3. The summed E-state index contributed by atoms with van der Waals surface area (Å²) in [6, 6.07) is 0. The third-order valence-electron chi connectivity index (χ3n) is 2.48. The van der Waals surface area contributed by atoms with Gasteiger partial charge < -0.3 is 14.4 Å². The van der Waals surface area contributed by atoms with Crippen LogP contribution in [-0.4, -0.2) is 41.3 Å². The van der Waals surface area contributed by atoms with Crippen LogP contribution in [0.1, 0.15) is 48.0 Å². The Morgan fingerprint density at radius 3 is 2.10 bits per heavy atom. The Morgan fingerprint density at radius 1 is 1.05 bits per heavy atom. The maximum atomic E-state index is 11.9. The molecule has 0 radical (unpaired) electrons. The fourth-order valence-corrected chi connectivity index (χ4v) is 1.78. The van der Waals surface area contributed by atoms with Crippen molar-refractivity contribution < 1.29 is 19.1 Å². The van der Waals surface area contributed by atoms with Crippen molar-refractivity contribution in [3.8, 4) is 0 Å². The molecule has 0 saturated carbocycles. The first-order valence-corrected chi connectivity index (χ1v) is 6.87. The minimum atomic E-state index is -0.505. The van der Waals surface area contributed by atoms with Gasteiger partial charge in [-0.3, -0.25) is 0 Å². The molecule has 0 aromatic rings. The second-order valence-corrected chi connectivity index (χ2v) is 6.99. The second kappa shape index (κ2) is 5.85. The van der Waals surface area contributed by atoms with Crippen LogP contribution in [0.4, 0.5) is 4.79 Å². The van der Waals surface area contributed by atoms with Crippen LogP contribution < -0.4 is 0 Å². The molecule has 5 heteroatoms. The molecule has 0 unspecified atom stereocenters. The minimum absolute atomic E-state index is 0.343. The predicted octanol–water partition coefficient (Wildman–Crippen LogP) is 2.90. The highest BCUT2D eigenvalue weighted by atomic mass is 16.6. The summed E-state index contributed by atoms with van der Waals surface area (Å²) in [6.07, 6.45) is 1.82. The first-order valence-electron chi connectivity index (χ1n) is 6.87. The summed E-state index contributed by atoms with van der Waals surface area (Å²) in [6.45, 7) is 12.0. The smallest absolute Gasteiger partial charge is 0.410 e. The number of carbonyl (C=O) groups is 2. The van der Waals surface area contributed by atoms with Gasteiger partial charge in [0.2, 0.25) is 0 Å². The van der Waals surface area contributed by atoms with E-state index in [4.69, 9.17) is 9.47 Å². The van der Waals surface area contributed by atoms with Gasteiger partial charge in [0.05, 0.1) is 0 Å². The summed E-state index contributed by atoms with van der Waals surface area (Å²) in [7, 11) is 0. The van der Waals surface area contributed by atoms with Gasteiger partial charge in [-0.15, -0.1) is 0 Å². The average Bonchev–Trinajstić information content (AvgIpc) is 2.59. The Balaban J connectivity index is 2.55. The number of hydrogen-bond acceptors (Lipinski definition) is 4. The molecule has 0 aromatic heterocycles. The van der Waals surface area contributed by atoms with E-state index in [2.05, 4.69) is 0 Å². The van der Waals surface area contributed by atoms with Crippen LogP contribution in [0.25, 0.3) is 0 Å². The Labute approximate surface area is 120 Å². The summed E-state index contributed by atoms with van der Waals surface area (Å²) in [5.74, 6) is -0.362. The molecule has 0 spiro atoms. The highest BCUT2D eigenvalue weighted by molar-refractivity contribution is 5.83. The molecule has 1 fully saturated rings. The van der Waals surface area contributed by atoms with Gasteiger partial charge in [-0.05, 0) is 53.5 Å². The van der Waals surface area contributed by atoms with Gasteiger partial charge in [0, 0.05) is 19.2 Å². The zero-order valence-corrected chi connectivity index (χ0v) is 13.3. The Morgan fingerprint density at radius 2 is 1.60 bits per heavy atom. The van der Waals surface area contributed by atoms with E-state index < -0.39 is 11.2 Å². The molecular formula is C15H25NO4. The maximum Gasteiger partial charge on any atom is 0.410 e. The summed E-state index contributed by atoms with van der Waals surface area (Å²) in [5, 5.41) is 0. The monoisotopic (exact) mass is 283 g/mol. The lowest BCUT2D eigenvalue weighted by Crippen LogP contribution is -2.34. The van der Waals surface area contributed by atoms with Crippen molar-refractivity contribution >= 4 is 12.1 Å². The normalized spacial score (nSPS) is 18.3. The van der Waals surface area contributed by atoms with Gasteiger partial charge in [-0.25, -0.2) is 9.59 Å². The average molecular weight is 283 g/mol. The van der Waals surface area contributed by atoms with Crippen LogP contribution in [0.3, 0.4) is 0 Å². The molecule has 0 N–H and O–H groups in total. The van der Waals surface area contributed by atoms with Crippen molar-refractivity contribution in [3.05, 3.63) is 11.6 Å². The molecule has 1 aliphatic rings. The molecule has 1 rings (SSSR count). The van der Waals surface area contributed by atoms with Crippen molar-refractivity contribution in [2.24, 2.45) is 0 Å². The SMILES string of the molecule is CC(C)(C)OC(=O)/C=C1/CCN(C(=O)OC(C)(C)C)C1. The predicted molar refractivity (Wildman–Crippen MR) is 76.4 cm³/mol. The van der Waals surface area contributed by atoms with Gasteiger partial charge in [0.25, 0.3) is 0 Å². The summed E-state index contributed by atoms with van der Waals surface area (Å²) in [4.78, 5) is 25.2. The molecule has 1 heterocycles. The number of esters is 1. The molecule has 114 valence electrons. The van der Waals surface area contributed by atoms with Gasteiger partial charge in [0.15, 0.2) is 0 Å². The molecule has 20 heavy (non-hydrogen) atoms. The first kappa shape index (κ1) is 16.5. The molecular weight excluding hydrogens is 258 g/mol. The third-order valence-corrected chi connectivity index (χ3v) is 2.48. The van der Waals surface area contributed by atoms with Gasteiger partial charge >= 0.3 is 12.1 Å². The molecule has 0 aliphatic carbocycles. The summed E-state index contributed by atoms with van der Waals surface area (Å²) < 4.78 is 10.5. The highest BCUT2D eigenvalue weighted by Gasteiger charge is 2.27. The molecule has 5 nitrogen and oxygen atoms in total. The van der Waals surface area contributed by atoms with Crippen molar-refractivity contribution in [2.75, 3.05) is 13.1 Å². The highest BCUT2D eigenvalue weighted by Crippen LogP contribution is 2.19. The number of rotatable bonds is 1. The fraction of sp³-hybridized carbons (Fsp3) is 0.733. The van der Waals surface area contributed by atoms with E-state index >= 15 is 0 Å². The van der Waals surface area contributed by atoms with E-state index in [0.29, 0.717) is 19.5 Å². The number of nitrogens with zero attached hydrogens (tertiary/aromatic N) is 1. The third kappa shape index (κ3) is 6.08. The minimum Gasteiger partial charge on any atom is -0.457 e. The van der Waals surface area contributed by atoms with Crippen molar-refractivity contribution in [3.63, 3.8) is 0 Å². The lowest BCUT2D eigenvalue weighted by atomic mass is 10.2. The number of carbonyl (C=O) groups excluding carboxylic acids is 2. The van der Waals surface area contributed by atoms with Crippen LogP contribution in [-0.2, 0) is 14.3 Å². The molecule has 1 amide bonds. The van der Waals surface area contributed by atoms with E-state index in [1.54, 1.807) is 4.90 Å². The van der Waals surface area contributed by atoms with E-state index in [1.165, 1.54) is 6.08 Å². The van der Waals surface area contributed by atoms with Gasteiger partial charge in [-0.2, -0.15) is 0 Å². The zero-order chi connectivity index (χ0) is 15.6. The van der Waals surface area contributed by atoms with Crippen LogP contribution >= 0.6 is 0 Å². The van der Waals surface area contributed by atoms with Crippen LogP contribution in [0, 0.1) is 0 Å². The van der Waals surface area contributed by atoms with Crippen molar-refractivity contribution in [1.29, 1.82) is 0 Å². The standard InChI is InChI=1S/C15H25NO4/c1-14(2,3)19-12(17)9-11-7-8-16(10-11)13(18)20-15(4,5)6/h9H,7-8,10H2,1-6H3/b11-9-. The lowest BCUT2D eigenvalue weighted by Gasteiger charge is -2.24. The van der Waals surface area contributed by atoms with Crippen molar-refractivity contribution in [1.82, 2.24) is 4.90 Å². The Bertz CT molecular complexity index is 413. The van der Waals surface area contributed by atoms with Gasteiger partial charge in [0.1, 0.15) is 11.2 Å². The van der Waals surface area contributed by atoms with E-state index in [1.807, 2.05) is 41.5 Å². The summed E-state index contributed by atoms with van der Waals surface area (Å²) >= 11 is 0. The van der Waals surface area contributed by atoms with Crippen molar-refractivity contribution in [2.45, 2.75) is 59.2 Å². The second-order valence-electron chi connectivity index (χ2n) is 6.99. The molecule has 0 bridgehead atoms.